The highest BCUT2D eigenvalue weighted by molar-refractivity contribution is 9.10. The maximum Gasteiger partial charge on any atom is 0.252 e. The van der Waals surface area contributed by atoms with Crippen LogP contribution in [0, 0.1) is 0 Å². The number of carbonyl (C=O) groups is 1. The highest BCUT2D eigenvalue weighted by Gasteiger charge is 2.23. The van der Waals surface area contributed by atoms with Crippen LogP contribution >= 0.6 is 15.9 Å². The molecule has 0 fully saturated rings. The Labute approximate surface area is 150 Å². The molecule has 0 radical (unpaired) electrons. The first-order valence-electron chi connectivity index (χ1n) is 7.50. The number of amides is 1. The van der Waals surface area contributed by atoms with E-state index in [-0.39, 0.29) is 22.9 Å². The van der Waals surface area contributed by atoms with Gasteiger partial charge in [0.05, 0.1) is 23.3 Å². The van der Waals surface area contributed by atoms with Gasteiger partial charge < -0.3 is 9.73 Å². The summed E-state index contributed by atoms with van der Waals surface area (Å²) in [6.07, 6.45) is 1.52. The fourth-order valence-electron chi connectivity index (χ4n) is 2.23. The summed E-state index contributed by atoms with van der Waals surface area (Å²) in [5.74, 6) is 0.237. The van der Waals surface area contributed by atoms with Crippen molar-refractivity contribution in [2.45, 2.75) is 25.3 Å². The maximum atomic E-state index is 12.6. The van der Waals surface area contributed by atoms with Crippen LogP contribution in [0.25, 0.3) is 0 Å². The topological polar surface area (TPSA) is 79.6 Å². The fourth-order valence-corrected chi connectivity index (χ4v) is 4.14. The normalized spacial score (nSPS) is 11.7. The monoisotopic (exact) mass is 414 g/mol. The second-order valence-corrected chi connectivity index (χ2v) is 7.79. The van der Waals surface area contributed by atoms with E-state index in [0.29, 0.717) is 23.3 Å². The van der Waals surface area contributed by atoms with Gasteiger partial charge in [-0.3, -0.25) is 4.79 Å². The largest absolute Gasteiger partial charge is 0.467 e. The third-order valence-electron chi connectivity index (χ3n) is 3.53. The summed E-state index contributed by atoms with van der Waals surface area (Å²) >= 11 is 3.30. The van der Waals surface area contributed by atoms with Crippen LogP contribution < -0.4 is 5.32 Å². The van der Waals surface area contributed by atoms with E-state index in [1.807, 2.05) is 0 Å². The second kappa shape index (κ2) is 7.96. The van der Waals surface area contributed by atoms with E-state index in [0.717, 1.165) is 0 Å². The molecule has 1 aromatic carbocycles. The summed E-state index contributed by atoms with van der Waals surface area (Å²) in [5.41, 5.74) is 0.259. The Balaban J connectivity index is 2.26. The van der Waals surface area contributed by atoms with Gasteiger partial charge in [-0.15, -0.1) is 0 Å². The van der Waals surface area contributed by atoms with Gasteiger partial charge in [-0.2, -0.15) is 4.31 Å². The standard InChI is InChI=1S/C16H19BrN2O4S/c1-3-19(4-2)24(21,22)13-7-8-15(17)14(10-13)16(20)18-11-12-6-5-9-23-12/h5-10H,3-4,11H2,1-2H3,(H,18,20). The lowest BCUT2D eigenvalue weighted by atomic mass is 10.2. The van der Waals surface area contributed by atoms with Gasteiger partial charge in [-0.25, -0.2) is 8.42 Å². The van der Waals surface area contributed by atoms with Crippen LogP contribution in [0.4, 0.5) is 0 Å². The summed E-state index contributed by atoms with van der Waals surface area (Å²) in [5, 5.41) is 2.71. The van der Waals surface area contributed by atoms with E-state index in [1.54, 1.807) is 32.0 Å². The van der Waals surface area contributed by atoms with Gasteiger partial charge in [-0.1, -0.05) is 13.8 Å². The van der Waals surface area contributed by atoms with Crippen LogP contribution in [-0.4, -0.2) is 31.7 Å². The zero-order valence-electron chi connectivity index (χ0n) is 13.5. The minimum atomic E-state index is -3.62. The molecule has 1 amide bonds. The van der Waals surface area contributed by atoms with Gasteiger partial charge in [0.1, 0.15) is 5.76 Å². The molecule has 0 aliphatic rings. The van der Waals surface area contributed by atoms with Gasteiger partial charge >= 0.3 is 0 Å². The Morgan fingerprint density at radius 2 is 1.96 bits per heavy atom. The Kier molecular flexibility index (Phi) is 6.20. The molecule has 0 aliphatic heterocycles. The molecule has 1 aromatic heterocycles. The van der Waals surface area contributed by atoms with Crippen LogP contribution in [0.15, 0.2) is 50.4 Å². The Bertz CT molecular complexity index is 799. The molecule has 0 unspecified atom stereocenters. The molecule has 0 atom stereocenters. The van der Waals surface area contributed by atoms with Crippen molar-refractivity contribution in [3.63, 3.8) is 0 Å². The minimum Gasteiger partial charge on any atom is -0.467 e. The molecule has 0 aliphatic carbocycles. The first kappa shape index (κ1) is 18.7. The van der Waals surface area contributed by atoms with E-state index in [9.17, 15) is 13.2 Å². The predicted octanol–water partition coefficient (Wildman–Crippen LogP) is 3.00. The van der Waals surface area contributed by atoms with E-state index in [1.165, 1.54) is 22.7 Å². The summed E-state index contributed by atoms with van der Waals surface area (Å²) in [7, 11) is -3.62. The first-order chi connectivity index (χ1) is 11.4. The van der Waals surface area contributed by atoms with Gasteiger partial charge in [0, 0.05) is 17.6 Å². The molecule has 0 saturated heterocycles. The lowest BCUT2D eigenvalue weighted by molar-refractivity contribution is 0.0947. The van der Waals surface area contributed by atoms with Crippen LogP contribution in [-0.2, 0) is 16.6 Å². The molecule has 1 heterocycles. The van der Waals surface area contributed by atoms with Crippen LogP contribution in [0.3, 0.4) is 0 Å². The summed E-state index contributed by atoms with van der Waals surface area (Å²) < 4.78 is 32.2. The highest BCUT2D eigenvalue weighted by Crippen LogP contribution is 2.23. The molecule has 1 N–H and O–H groups in total. The van der Waals surface area contributed by atoms with Gasteiger partial charge in [0.25, 0.3) is 5.91 Å². The number of furan rings is 1. The molecule has 24 heavy (non-hydrogen) atoms. The van der Waals surface area contributed by atoms with Gasteiger partial charge in [-0.05, 0) is 46.3 Å². The van der Waals surface area contributed by atoms with E-state index < -0.39 is 10.0 Å². The predicted molar refractivity (Wildman–Crippen MR) is 94.1 cm³/mol. The van der Waals surface area contributed by atoms with Crippen molar-refractivity contribution in [3.8, 4) is 0 Å². The number of sulfonamides is 1. The summed E-state index contributed by atoms with van der Waals surface area (Å²) in [4.78, 5) is 12.5. The van der Waals surface area contributed by atoms with Crippen LogP contribution in [0.2, 0.25) is 0 Å². The third-order valence-corrected chi connectivity index (χ3v) is 6.27. The van der Waals surface area contributed by atoms with Gasteiger partial charge in [0.2, 0.25) is 10.0 Å². The molecule has 8 heteroatoms. The van der Waals surface area contributed by atoms with Crippen molar-refractivity contribution < 1.29 is 17.6 Å². The van der Waals surface area contributed by atoms with Crippen molar-refractivity contribution in [1.29, 1.82) is 0 Å². The molecule has 2 rings (SSSR count). The lowest BCUT2D eigenvalue weighted by Crippen LogP contribution is -2.31. The number of hydrogen-bond donors (Lipinski definition) is 1. The number of rotatable bonds is 7. The van der Waals surface area contributed by atoms with E-state index in [4.69, 9.17) is 4.42 Å². The van der Waals surface area contributed by atoms with Crippen molar-refractivity contribution in [3.05, 3.63) is 52.4 Å². The number of hydrogen-bond acceptors (Lipinski definition) is 4. The number of halogens is 1. The number of carbonyl (C=O) groups excluding carboxylic acids is 1. The summed E-state index contributed by atoms with van der Waals surface area (Å²) in [6.45, 7) is 4.52. The van der Waals surface area contributed by atoms with Crippen molar-refractivity contribution in [1.82, 2.24) is 9.62 Å². The molecule has 130 valence electrons. The van der Waals surface area contributed by atoms with Crippen LogP contribution in [0.1, 0.15) is 30.0 Å². The molecule has 6 nitrogen and oxygen atoms in total. The van der Waals surface area contributed by atoms with Crippen molar-refractivity contribution in [2.75, 3.05) is 13.1 Å². The molecular formula is C16H19BrN2O4S. The fraction of sp³-hybridized carbons (Fsp3) is 0.312. The summed E-state index contributed by atoms with van der Waals surface area (Å²) in [6, 6.07) is 7.92. The SMILES string of the molecule is CCN(CC)S(=O)(=O)c1ccc(Br)c(C(=O)NCc2ccco2)c1. The lowest BCUT2D eigenvalue weighted by Gasteiger charge is -2.19. The minimum absolute atomic E-state index is 0.0950. The van der Waals surface area contributed by atoms with E-state index >= 15 is 0 Å². The van der Waals surface area contributed by atoms with E-state index in [2.05, 4.69) is 21.2 Å². The first-order valence-corrected chi connectivity index (χ1v) is 9.73. The zero-order chi connectivity index (χ0) is 17.7. The molecular weight excluding hydrogens is 396 g/mol. The molecule has 0 bridgehead atoms. The Hall–Kier alpha value is -1.64. The molecule has 0 spiro atoms. The van der Waals surface area contributed by atoms with Gasteiger partial charge in [0.15, 0.2) is 0 Å². The Morgan fingerprint density at radius 3 is 2.54 bits per heavy atom. The maximum absolute atomic E-state index is 12.6. The zero-order valence-corrected chi connectivity index (χ0v) is 15.9. The Morgan fingerprint density at radius 1 is 1.25 bits per heavy atom. The van der Waals surface area contributed by atoms with Crippen molar-refractivity contribution in [2.24, 2.45) is 0 Å². The third kappa shape index (κ3) is 4.06. The second-order valence-electron chi connectivity index (χ2n) is 4.99. The quantitative estimate of drug-likeness (QED) is 0.754. The number of benzene rings is 1. The smallest absolute Gasteiger partial charge is 0.252 e. The average molecular weight is 415 g/mol. The number of nitrogens with zero attached hydrogens (tertiary/aromatic N) is 1. The molecule has 2 aromatic rings. The number of nitrogens with one attached hydrogen (secondary N) is 1. The average Bonchev–Trinajstić information content (AvgIpc) is 3.07. The van der Waals surface area contributed by atoms with Crippen molar-refractivity contribution >= 4 is 31.9 Å². The van der Waals surface area contributed by atoms with Crippen LogP contribution in [0.5, 0.6) is 0 Å². The molecule has 0 saturated carbocycles. The highest BCUT2D eigenvalue weighted by atomic mass is 79.9.